The van der Waals surface area contributed by atoms with Crippen LogP contribution in [0.2, 0.25) is 0 Å². The van der Waals surface area contributed by atoms with Crippen LogP contribution in [0.3, 0.4) is 0 Å². The van der Waals surface area contributed by atoms with E-state index in [1.165, 1.54) is 17.7 Å². The summed E-state index contributed by atoms with van der Waals surface area (Å²) >= 11 is 0. The number of aryl methyl sites for hydroxylation is 3. The molecule has 0 radical (unpaired) electrons. The first-order valence-corrected chi connectivity index (χ1v) is 7.30. The predicted molar refractivity (Wildman–Crippen MR) is 81.9 cm³/mol. The van der Waals surface area contributed by atoms with E-state index in [0.717, 1.165) is 28.9 Å². The Morgan fingerprint density at radius 3 is 2.57 bits per heavy atom. The maximum absolute atomic E-state index is 13.1. The van der Waals surface area contributed by atoms with Crippen LogP contribution in [-0.4, -0.2) is 21.0 Å². The van der Waals surface area contributed by atoms with Gasteiger partial charge in [-0.05, 0) is 68.9 Å². The summed E-state index contributed by atoms with van der Waals surface area (Å²) in [7, 11) is 1.93. The highest BCUT2D eigenvalue weighted by Gasteiger charge is 2.13. The molecule has 0 aliphatic carbocycles. The summed E-state index contributed by atoms with van der Waals surface area (Å²) in [6.07, 6.45) is 1.63. The van der Waals surface area contributed by atoms with Gasteiger partial charge < -0.3 is 5.11 Å². The number of nitrogens with zero attached hydrogens (tertiary/aromatic N) is 2. The molecule has 2 rings (SSSR count). The number of aliphatic hydroxyl groups is 1. The SMILES string of the molecule is Cc1cc(F)ccc1CC(O)CCc1c(C)nn(C)c1C. The summed E-state index contributed by atoms with van der Waals surface area (Å²) in [6.45, 7) is 5.92. The highest BCUT2D eigenvalue weighted by molar-refractivity contribution is 5.27. The number of hydrogen-bond donors (Lipinski definition) is 1. The van der Waals surface area contributed by atoms with E-state index in [-0.39, 0.29) is 5.82 Å². The van der Waals surface area contributed by atoms with Crippen molar-refractivity contribution in [2.24, 2.45) is 7.05 Å². The van der Waals surface area contributed by atoms with Crippen LogP contribution in [0.25, 0.3) is 0 Å². The fourth-order valence-corrected chi connectivity index (χ4v) is 2.73. The van der Waals surface area contributed by atoms with Crippen LogP contribution in [0, 0.1) is 26.6 Å². The molecule has 3 nitrogen and oxygen atoms in total. The molecule has 0 spiro atoms. The highest BCUT2D eigenvalue weighted by atomic mass is 19.1. The van der Waals surface area contributed by atoms with E-state index in [1.54, 1.807) is 6.07 Å². The standard InChI is InChI=1S/C17H23FN2O/c1-11-9-15(18)6-5-14(11)10-16(21)7-8-17-12(2)19-20(4)13(17)3/h5-6,9,16,21H,7-8,10H2,1-4H3. The summed E-state index contributed by atoms with van der Waals surface area (Å²) in [5.74, 6) is -0.229. The summed E-state index contributed by atoms with van der Waals surface area (Å²) < 4.78 is 14.9. The fraction of sp³-hybridized carbons (Fsp3) is 0.471. The van der Waals surface area contributed by atoms with Crippen molar-refractivity contribution in [3.63, 3.8) is 0 Å². The summed E-state index contributed by atoms with van der Waals surface area (Å²) in [6, 6.07) is 4.72. The van der Waals surface area contributed by atoms with Crippen LogP contribution in [0.1, 0.15) is 34.5 Å². The first-order chi connectivity index (χ1) is 9.88. The van der Waals surface area contributed by atoms with Crippen molar-refractivity contribution in [1.29, 1.82) is 0 Å². The van der Waals surface area contributed by atoms with E-state index in [1.807, 2.05) is 32.5 Å². The van der Waals surface area contributed by atoms with Crippen molar-refractivity contribution in [3.05, 3.63) is 52.1 Å². The minimum atomic E-state index is -0.423. The largest absolute Gasteiger partial charge is 0.393 e. The molecule has 114 valence electrons. The number of aliphatic hydroxyl groups excluding tert-OH is 1. The lowest BCUT2D eigenvalue weighted by Crippen LogP contribution is -2.13. The van der Waals surface area contributed by atoms with E-state index >= 15 is 0 Å². The van der Waals surface area contributed by atoms with Gasteiger partial charge in [0.1, 0.15) is 5.82 Å². The van der Waals surface area contributed by atoms with Gasteiger partial charge in [-0.3, -0.25) is 4.68 Å². The quantitative estimate of drug-likeness (QED) is 0.919. The Bertz CT molecular complexity index is 634. The molecule has 1 aromatic heterocycles. The third kappa shape index (κ3) is 3.70. The Hall–Kier alpha value is -1.68. The molecule has 0 saturated carbocycles. The molecule has 0 amide bonds. The van der Waals surface area contributed by atoms with Gasteiger partial charge in [0.2, 0.25) is 0 Å². The highest BCUT2D eigenvalue weighted by Crippen LogP contribution is 2.18. The molecule has 21 heavy (non-hydrogen) atoms. The average Bonchev–Trinajstić information content (AvgIpc) is 2.65. The summed E-state index contributed by atoms with van der Waals surface area (Å²) in [4.78, 5) is 0. The van der Waals surface area contributed by atoms with Gasteiger partial charge in [-0.1, -0.05) is 6.07 Å². The van der Waals surface area contributed by atoms with E-state index in [4.69, 9.17) is 0 Å². The topological polar surface area (TPSA) is 38.1 Å². The smallest absolute Gasteiger partial charge is 0.123 e. The third-order valence-corrected chi connectivity index (χ3v) is 4.15. The Kier molecular flexibility index (Phi) is 4.78. The zero-order valence-electron chi connectivity index (χ0n) is 13.2. The molecule has 1 N–H and O–H groups in total. The molecular formula is C17H23FN2O. The molecule has 1 atom stereocenters. The van der Waals surface area contributed by atoms with Gasteiger partial charge in [-0.25, -0.2) is 4.39 Å². The van der Waals surface area contributed by atoms with E-state index in [9.17, 15) is 9.50 Å². The Balaban J connectivity index is 1.97. The van der Waals surface area contributed by atoms with Crippen LogP contribution in [0.4, 0.5) is 4.39 Å². The van der Waals surface area contributed by atoms with E-state index in [0.29, 0.717) is 12.8 Å². The van der Waals surface area contributed by atoms with Gasteiger partial charge in [0.15, 0.2) is 0 Å². The van der Waals surface area contributed by atoms with Crippen molar-refractivity contribution in [2.75, 3.05) is 0 Å². The molecule has 1 heterocycles. The van der Waals surface area contributed by atoms with Crippen LogP contribution in [0.5, 0.6) is 0 Å². The second kappa shape index (κ2) is 6.39. The normalized spacial score (nSPS) is 12.7. The maximum atomic E-state index is 13.1. The predicted octanol–water partition coefficient (Wildman–Crippen LogP) is 3.02. The molecular weight excluding hydrogens is 267 g/mol. The van der Waals surface area contributed by atoms with Gasteiger partial charge in [0, 0.05) is 12.7 Å². The van der Waals surface area contributed by atoms with Crippen LogP contribution in [0.15, 0.2) is 18.2 Å². The summed E-state index contributed by atoms with van der Waals surface area (Å²) in [5.41, 5.74) is 5.29. The van der Waals surface area contributed by atoms with Gasteiger partial charge in [-0.15, -0.1) is 0 Å². The molecule has 0 fully saturated rings. The Morgan fingerprint density at radius 2 is 2.00 bits per heavy atom. The zero-order valence-corrected chi connectivity index (χ0v) is 13.2. The molecule has 0 aliphatic heterocycles. The molecule has 0 bridgehead atoms. The lowest BCUT2D eigenvalue weighted by Gasteiger charge is -2.13. The average molecular weight is 290 g/mol. The number of aromatic nitrogens is 2. The number of benzene rings is 1. The minimum Gasteiger partial charge on any atom is -0.393 e. The lowest BCUT2D eigenvalue weighted by molar-refractivity contribution is 0.165. The molecule has 4 heteroatoms. The van der Waals surface area contributed by atoms with Crippen molar-refractivity contribution in [1.82, 2.24) is 9.78 Å². The lowest BCUT2D eigenvalue weighted by atomic mass is 9.98. The van der Waals surface area contributed by atoms with E-state index in [2.05, 4.69) is 5.10 Å². The first-order valence-electron chi connectivity index (χ1n) is 7.30. The van der Waals surface area contributed by atoms with Gasteiger partial charge in [0.05, 0.1) is 11.8 Å². The van der Waals surface area contributed by atoms with Crippen molar-refractivity contribution < 1.29 is 9.50 Å². The zero-order chi connectivity index (χ0) is 15.6. The number of rotatable bonds is 5. The van der Waals surface area contributed by atoms with Crippen LogP contribution >= 0.6 is 0 Å². The molecule has 2 aromatic rings. The maximum Gasteiger partial charge on any atom is 0.123 e. The minimum absolute atomic E-state index is 0.229. The van der Waals surface area contributed by atoms with Crippen LogP contribution < -0.4 is 0 Å². The molecule has 0 aliphatic rings. The van der Waals surface area contributed by atoms with Gasteiger partial charge >= 0.3 is 0 Å². The molecule has 1 aromatic carbocycles. The number of halogens is 1. The third-order valence-electron chi connectivity index (χ3n) is 4.15. The van der Waals surface area contributed by atoms with E-state index < -0.39 is 6.10 Å². The first kappa shape index (κ1) is 15.7. The summed E-state index contributed by atoms with van der Waals surface area (Å²) in [5, 5.41) is 14.6. The number of hydrogen-bond acceptors (Lipinski definition) is 2. The van der Waals surface area contributed by atoms with Crippen molar-refractivity contribution in [3.8, 4) is 0 Å². The second-order valence-electron chi connectivity index (χ2n) is 5.74. The van der Waals surface area contributed by atoms with Crippen molar-refractivity contribution in [2.45, 2.75) is 46.1 Å². The molecule has 0 saturated heterocycles. The Morgan fingerprint density at radius 1 is 1.29 bits per heavy atom. The van der Waals surface area contributed by atoms with Gasteiger partial charge in [-0.2, -0.15) is 5.10 Å². The monoisotopic (exact) mass is 290 g/mol. The fourth-order valence-electron chi connectivity index (χ4n) is 2.73. The second-order valence-corrected chi connectivity index (χ2v) is 5.74. The Labute approximate surface area is 125 Å². The van der Waals surface area contributed by atoms with Crippen molar-refractivity contribution >= 4 is 0 Å². The molecule has 1 unspecified atom stereocenters. The van der Waals surface area contributed by atoms with Crippen LogP contribution in [-0.2, 0) is 19.9 Å². The van der Waals surface area contributed by atoms with Gasteiger partial charge in [0.25, 0.3) is 0 Å².